The predicted molar refractivity (Wildman–Crippen MR) is 100 cm³/mol. The minimum Gasteiger partial charge on any atom is -0.444 e. The molecule has 0 bridgehead atoms. The number of carbonyl (C=O) groups excluding carboxylic acids is 2. The molecule has 1 aromatic heterocycles. The number of carbonyl (C=O) groups is 2. The zero-order valence-electron chi connectivity index (χ0n) is 15.3. The predicted octanol–water partition coefficient (Wildman–Crippen LogP) is 2.86. The van der Waals surface area contributed by atoms with Gasteiger partial charge in [0.25, 0.3) is 5.91 Å². The second kappa shape index (κ2) is 9.20. The molecule has 1 aliphatic rings. The number of alkyl carbamates (subject to hydrolysis) is 1. The third-order valence-electron chi connectivity index (χ3n) is 4.03. The summed E-state index contributed by atoms with van der Waals surface area (Å²) in [6.07, 6.45) is 2.47. The van der Waals surface area contributed by atoms with Gasteiger partial charge in [-0.1, -0.05) is 0 Å². The molecular formula is C18H29N3O3S. The third-order valence-corrected chi connectivity index (χ3v) is 4.71. The number of hydrogen-bond acceptors (Lipinski definition) is 5. The second-order valence-corrected chi connectivity index (χ2v) is 8.16. The van der Waals surface area contributed by atoms with Gasteiger partial charge in [-0.15, -0.1) is 0 Å². The second-order valence-electron chi connectivity index (χ2n) is 7.38. The zero-order chi connectivity index (χ0) is 18.3. The van der Waals surface area contributed by atoms with Crippen molar-refractivity contribution in [1.82, 2.24) is 15.5 Å². The number of ether oxygens (including phenoxy) is 1. The molecule has 6 nitrogen and oxygen atoms in total. The number of piperidine rings is 1. The van der Waals surface area contributed by atoms with Crippen molar-refractivity contribution in [2.45, 2.75) is 51.7 Å². The van der Waals surface area contributed by atoms with Gasteiger partial charge in [0, 0.05) is 36.6 Å². The van der Waals surface area contributed by atoms with E-state index in [4.69, 9.17) is 4.74 Å². The van der Waals surface area contributed by atoms with Gasteiger partial charge in [-0.2, -0.15) is 11.3 Å². The molecule has 1 saturated heterocycles. The molecule has 0 aromatic carbocycles. The smallest absolute Gasteiger partial charge is 0.407 e. The number of nitrogens with one attached hydrogen (secondary N) is 2. The van der Waals surface area contributed by atoms with Crippen LogP contribution in [0.5, 0.6) is 0 Å². The topological polar surface area (TPSA) is 70.7 Å². The Morgan fingerprint density at radius 1 is 1.32 bits per heavy atom. The van der Waals surface area contributed by atoms with Crippen LogP contribution in [-0.4, -0.2) is 54.7 Å². The van der Waals surface area contributed by atoms with Crippen LogP contribution in [-0.2, 0) is 4.74 Å². The fourth-order valence-electron chi connectivity index (χ4n) is 2.77. The Morgan fingerprint density at radius 3 is 2.64 bits per heavy atom. The maximum atomic E-state index is 12.1. The highest BCUT2D eigenvalue weighted by Gasteiger charge is 2.21. The summed E-state index contributed by atoms with van der Waals surface area (Å²) < 4.78 is 5.21. The van der Waals surface area contributed by atoms with Crippen LogP contribution in [0, 0.1) is 0 Å². The average Bonchev–Trinajstić information content (AvgIpc) is 3.06. The maximum absolute atomic E-state index is 12.1. The lowest BCUT2D eigenvalue weighted by Crippen LogP contribution is -2.45. The van der Waals surface area contributed by atoms with Crippen molar-refractivity contribution in [3.8, 4) is 0 Å². The Hall–Kier alpha value is -1.60. The van der Waals surface area contributed by atoms with Crippen LogP contribution in [0.4, 0.5) is 4.79 Å². The first kappa shape index (κ1) is 19.7. The van der Waals surface area contributed by atoms with E-state index in [-0.39, 0.29) is 18.0 Å². The van der Waals surface area contributed by atoms with E-state index in [1.54, 1.807) is 0 Å². The van der Waals surface area contributed by atoms with Crippen LogP contribution in [0.15, 0.2) is 16.8 Å². The first-order valence-corrected chi connectivity index (χ1v) is 9.80. The highest BCUT2D eigenvalue weighted by Crippen LogP contribution is 2.13. The summed E-state index contributed by atoms with van der Waals surface area (Å²) in [5, 5.41) is 9.70. The van der Waals surface area contributed by atoms with E-state index in [0.29, 0.717) is 6.54 Å². The standard InChI is InChI=1S/C18H29N3O3S/c1-18(2,3)24-17(23)19-8-4-9-21-10-5-15(6-11-21)20-16(22)14-7-12-25-13-14/h7,12-13,15H,4-6,8-11H2,1-3H3,(H,19,23)(H,20,22). The molecule has 1 fully saturated rings. The lowest BCUT2D eigenvalue weighted by molar-refractivity contribution is 0.0525. The van der Waals surface area contributed by atoms with Gasteiger partial charge in [0.15, 0.2) is 0 Å². The molecule has 0 spiro atoms. The summed E-state index contributed by atoms with van der Waals surface area (Å²) >= 11 is 1.54. The number of hydrogen-bond donors (Lipinski definition) is 2. The summed E-state index contributed by atoms with van der Waals surface area (Å²) in [4.78, 5) is 26.0. The highest BCUT2D eigenvalue weighted by molar-refractivity contribution is 7.08. The van der Waals surface area contributed by atoms with Crippen LogP contribution in [0.25, 0.3) is 0 Å². The van der Waals surface area contributed by atoms with E-state index in [2.05, 4.69) is 15.5 Å². The van der Waals surface area contributed by atoms with Crippen molar-refractivity contribution in [3.63, 3.8) is 0 Å². The van der Waals surface area contributed by atoms with Crippen molar-refractivity contribution >= 4 is 23.3 Å². The average molecular weight is 368 g/mol. The Labute approximate surface area is 153 Å². The lowest BCUT2D eigenvalue weighted by Gasteiger charge is -2.32. The van der Waals surface area contributed by atoms with Gasteiger partial charge < -0.3 is 20.3 Å². The third kappa shape index (κ3) is 7.44. The van der Waals surface area contributed by atoms with Gasteiger partial charge in [0.05, 0.1) is 0 Å². The number of likely N-dealkylation sites (tertiary alicyclic amines) is 1. The molecule has 0 saturated carbocycles. The first-order valence-electron chi connectivity index (χ1n) is 8.86. The van der Waals surface area contributed by atoms with E-state index in [1.807, 2.05) is 37.6 Å². The molecule has 1 aliphatic heterocycles. The summed E-state index contributed by atoms with van der Waals surface area (Å²) in [6.45, 7) is 9.07. The molecule has 2 rings (SSSR count). The number of amides is 2. The fraction of sp³-hybridized carbons (Fsp3) is 0.667. The van der Waals surface area contributed by atoms with Gasteiger partial charge >= 0.3 is 6.09 Å². The van der Waals surface area contributed by atoms with Gasteiger partial charge in [-0.05, 0) is 58.0 Å². The van der Waals surface area contributed by atoms with Crippen molar-refractivity contribution in [2.75, 3.05) is 26.2 Å². The normalized spacial score (nSPS) is 16.4. The summed E-state index contributed by atoms with van der Waals surface area (Å²) in [7, 11) is 0. The Morgan fingerprint density at radius 2 is 2.04 bits per heavy atom. The van der Waals surface area contributed by atoms with Gasteiger partial charge in [-0.25, -0.2) is 4.79 Å². The molecule has 25 heavy (non-hydrogen) atoms. The van der Waals surface area contributed by atoms with E-state index in [1.165, 1.54) is 11.3 Å². The van der Waals surface area contributed by atoms with E-state index >= 15 is 0 Å². The van der Waals surface area contributed by atoms with Crippen LogP contribution >= 0.6 is 11.3 Å². The molecule has 2 N–H and O–H groups in total. The van der Waals surface area contributed by atoms with Crippen LogP contribution in [0.1, 0.15) is 50.4 Å². The van der Waals surface area contributed by atoms with E-state index in [9.17, 15) is 9.59 Å². The summed E-state index contributed by atoms with van der Waals surface area (Å²) in [5.41, 5.74) is 0.292. The molecule has 0 radical (unpaired) electrons. The minimum absolute atomic E-state index is 0.0289. The zero-order valence-corrected chi connectivity index (χ0v) is 16.2. The molecule has 140 valence electrons. The number of rotatable bonds is 6. The molecule has 2 amide bonds. The van der Waals surface area contributed by atoms with E-state index < -0.39 is 5.60 Å². The van der Waals surface area contributed by atoms with Gasteiger partial charge in [0.2, 0.25) is 0 Å². The SMILES string of the molecule is CC(C)(C)OC(=O)NCCCN1CCC(NC(=O)c2ccsc2)CC1. The number of thiophene rings is 1. The van der Waals surface area contributed by atoms with Crippen molar-refractivity contribution in [1.29, 1.82) is 0 Å². The van der Waals surface area contributed by atoms with Gasteiger partial charge in [-0.3, -0.25) is 4.79 Å². The molecule has 0 atom stereocenters. The first-order chi connectivity index (χ1) is 11.8. The van der Waals surface area contributed by atoms with Crippen LogP contribution in [0.2, 0.25) is 0 Å². The molecule has 7 heteroatoms. The lowest BCUT2D eigenvalue weighted by atomic mass is 10.0. The largest absolute Gasteiger partial charge is 0.444 e. The minimum atomic E-state index is -0.459. The Kier molecular flexibility index (Phi) is 7.25. The van der Waals surface area contributed by atoms with Crippen molar-refractivity contribution in [2.24, 2.45) is 0 Å². The van der Waals surface area contributed by atoms with Crippen LogP contribution < -0.4 is 10.6 Å². The molecule has 0 aliphatic carbocycles. The molecule has 0 unspecified atom stereocenters. The molecule has 1 aromatic rings. The van der Waals surface area contributed by atoms with Crippen LogP contribution in [0.3, 0.4) is 0 Å². The Bertz CT molecular complexity index is 546. The monoisotopic (exact) mass is 367 g/mol. The highest BCUT2D eigenvalue weighted by atomic mass is 32.1. The van der Waals surface area contributed by atoms with Gasteiger partial charge in [0.1, 0.15) is 5.60 Å². The molecule has 2 heterocycles. The van der Waals surface area contributed by atoms with E-state index in [0.717, 1.165) is 44.5 Å². The summed E-state index contributed by atoms with van der Waals surface area (Å²) in [5.74, 6) is 0.0289. The fourth-order valence-corrected chi connectivity index (χ4v) is 3.41. The van der Waals surface area contributed by atoms with Crippen molar-refractivity contribution in [3.05, 3.63) is 22.4 Å². The molecular weight excluding hydrogens is 338 g/mol. The summed E-state index contributed by atoms with van der Waals surface area (Å²) in [6, 6.07) is 2.11. The quantitative estimate of drug-likeness (QED) is 0.759. The Balaban J connectivity index is 1.56. The maximum Gasteiger partial charge on any atom is 0.407 e. The number of nitrogens with zero attached hydrogens (tertiary/aromatic N) is 1. The van der Waals surface area contributed by atoms with Crippen molar-refractivity contribution < 1.29 is 14.3 Å².